The third-order valence-electron chi connectivity index (χ3n) is 1.81. The van der Waals surface area contributed by atoms with Crippen LogP contribution in [0.4, 0.5) is 5.69 Å². The molecule has 0 saturated heterocycles. The minimum absolute atomic E-state index is 0.00238. The van der Waals surface area contributed by atoms with Gasteiger partial charge >= 0.3 is 0 Å². The zero-order valence-electron chi connectivity index (χ0n) is 6.66. The van der Waals surface area contributed by atoms with Crippen LogP contribution in [-0.2, 0) is 0 Å². The Morgan fingerprint density at radius 1 is 1.43 bits per heavy atom. The molecule has 0 aliphatic carbocycles. The minimum Gasteiger partial charge on any atom is -0.258 e. The molecule has 72 valence electrons. The number of benzene rings is 1. The van der Waals surface area contributed by atoms with E-state index in [1.807, 2.05) is 0 Å². The van der Waals surface area contributed by atoms with Crippen molar-refractivity contribution in [1.82, 2.24) is 0 Å². The van der Waals surface area contributed by atoms with E-state index in [-0.39, 0.29) is 15.7 Å². The number of nitrogens with zero attached hydrogens (tertiary/aromatic N) is 1. The molecule has 1 aromatic heterocycles. The molecule has 2 rings (SSSR count). The number of hydrogen-bond donors (Lipinski definition) is 0. The summed E-state index contributed by atoms with van der Waals surface area (Å²) in [7, 11) is 0. The highest BCUT2D eigenvalue weighted by Crippen LogP contribution is 2.40. The summed E-state index contributed by atoms with van der Waals surface area (Å²) in [4.78, 5) is 10.2. The molecule has 0 unspecified atom stereocenters. The third-order valence-corrected chi connectivity index (χ3v) is 3.45. The normalized spacial score (nSPS) is 10.7. The predicted octanol–water partition coefficient (Wildman–Crippen LogP) is 4.12. The second-order valence-corrected chi connectivity index (χ2v) is 4.34. The van der Waals surface area contributed by atoms with E-state index in [1.54, 1.807) is 17.5 Å². The number of nitro groups is 1. The van der Waals surface area contributed by atoms with E-state index in [9.17, 15) is 10.1 Å². The fourth-order valence-electron chi connectivity index (χ4n) is 1.22. The molecule has 1 heterocycles. The van der Waals surface area contributed by atoms with Crippen molar-refractivity contribution in [1.29, 1.82) is 0 Å². The van der Waals surface area contributed by atoms with Crippen LogP contribution in [0.5, 0.6) is 0 Å². The standard InChI is InChI=1S/C8H3Cl2NO2S/c9-5-3-6-4(1-2-14-6)8(7(5)10)11(12)13/h1-3H. The van der Waals surface area contributed by atoms with Crippen LogP contribution in [-0.4, -0.2) is 4.92 Å². The maximum Gasteiger partial charge on any atom is 0.298 e. The first-order valence-corrected chi connectivity index (χ1v) is 5.24. The SMILES string of the molecule is O=[N+]([O-])c1c(Cl)c(Cl)cc2sccc12. The van der Waals surface area contributed by atoms with Crippen molar-refractivity contribution in [2.75, 3.05) is 0 Å². The van der Waals surface area contributed by atoms with Crippen molar-refractivity contribution in [2.24, 2.45) is 0 Å². The lowest BCUT2D eigenvalue weighted by atomic mass is 10.2. The first kappa shape index (κ1) is 9.71. The van der Waals surface area contributed by atoms with Gasteiger partial charge in [-0.3, -0.25) is 10.1 Å². The average Bonchev–Trinajstić information content (AvgIpc) is 2.52. The summed E-state index contributed by atoms with van der Waals surface area (Å²) in [6, 6.07) is 3.30. The molecule has 3 nitrogen and oxygen atoms in total. The van der Waals surface area contributed by atoms with Crippen molar-refractivity contribution in [3.63, 3.8) is 0 Å². The van der Waals surface area contributed by atoms with E-state index in [0.717, 1.165) is 4.70 Å². The van der Waals surface area contributed by atoms with Gasteiger partial charge in [-0.05, 0) is 17.5 Å². The largest absolute Gasteiger partial charge is 0.298 e. The Bertz CT molecular complexity index is 523. The summed E-state index contributed by atoms with van der Waals surface area (Å²) >= 11 is 12.9. The number of halogens is 2. The van der Waals surface area contributed by atoms with Crippen LogP contribution in [0.25, 0.3) is 10.1 Å². The Hall–Kier alpha value is -0.840. The molecule has 1 aromatic carbocycles. The Labute approximate surface area is 93.0 Å². The molecular formula is C8H3Cl2NO2S. The smallest absolute Gasteiger partial charge is 0.258 e. The molecule has 0 amide bonds. The summed E-state index contributed by atoms with van der Waals surface area (Å²) in [5.41, 5.74) is -0.115. The van der Waals surface area contributed by atoms with Crippen molar-refractivity contribution in [3.8, 4) is 0 Å². The van der Waals surface area contributed by atoms with Gasteiger partial charge in [-0.2, -0.15) is 0 Å². The molecule has 0 spiro atoms. The summed E-state index contributed by atoms with van der Waals surface area (Å²) in [5, 5.41) is 13.3. The molecule has 0 bridgehead atoms. The highest BCUT2D eigenvalue weighted by atomic mass is 35.5. The molecule has 0 radical (unpaired) electrons. The van der Waals surface area contributed by atoms with E-state index >= 15 is 0 Å². The van der Waals surface area contributed by atoms with Gasteiger partial charge in [0.15, 0.2) is 0 Å². The second-order valence-electron chi connectivity index (χ2n) is 2.61. The maximum atomic E-state index is 10.8. The Morgan fingerprint density at radius 2 is 2.14 bits per heavy atom. The van der Waals surface area contributed by atoms with E-state index < -0.39 is 4.92 Å². The monoisotopic (exact) mass is 247 g/mol. The van der Waals surface area contributed by atoms with E-state index in [2.05, 4.69) is 0 Å². The van der Waals surface area contributed by atoms with Gasteiger partial charge in [-0.15, -0.1) is 11.3 Å². The van der Waals surface area contributed by atoms with Crippen LogP contribution in [0.1, 0.15) is 0 Å². The molecule has 0 atom stereocenters. The second kappa shape index (κ2) is 3.38. The molecule has 6 heteroatoms. The number of nitro benzene ring substituents is 1. The van der Waals surface area contributed by atoms with Gasteiger partial charge in [0.25, 0.3) is 5.69 Å². The molecular weight excluding hydrogens is 245 g/mol. The molecule has 14 heavy (non-hydrogen) atoms. The van der Waals surface area contributed by atoms with Crippen molar-refractivity contribution >= 4 is 50.3 Å². The molecule has 0 aliphatic heterocycles. The van der Waals surface area contributed by atoms with Crippen LogP contribution in [0, 0.1) is 10.1 Å². The number of rotatable bonds is 1. The number of fused-ring (bicyclic) bond motifs is 1. The Kier molecular flexibility index (Phi) is 2.34. The highest BCUT2D eigenvalue weighted by Gasteiger charge is 2.20. The maximum absolute atomic E-state index is 10.8. The summed E-state index contributed by atoms with van der Waals surface area (Å²) in [6.45, 7) is 0. The molecule has 0 saturated carbocycles. The summed E-state index contributed by atoms with van der Waals surface area (Å²) in [6.07, 6.45) is 0. The first-order chi connectivity index (χ1) is 6.61. The molecule has 0 aliphatic rings. The van der Waals surface area contributed by atoms with Gasteiger partial charge < -0.3 is 0 Å². The van der Waals surface area contributed by atoms with Crippen LogP contribution < -0.4 is 0 Å². The predicted molar refractivity (Wildman–Crippen MR) is 58.5 cm³/mol. The quantitative estimate of drug-likeness (QED) is 0.562. The fourth-order valence-corrected chi connectivity index (χ4v) is 2.53. The summed E-state index contributed by atoms with van der Waals surface area (Å²) < 4.78 is 0.770. The van der Waals surface area contributed by atoms with Crippen LogP contribution in [0.15, 0.2) is 17.5 Å². The highest BCUT2D eigenvalue weighted by molar-refractivity contribution is 7.17. The van der Waals surface area contributed by atoms with E-state index in [1.165, 1.54) is 11.3 Å². The number of thiophene rings is 1. The van der Waals surface area contributed by atoms with Crippen LogP contribution in [0.3, 0.4) is 0 Å². The fraction of sp³-hybridized carbons (Fsp3) is 0. The lowest BCUT2D eigenvalue weighted by molar-refractivity contribution is -0.382. The average molecular weight is 248 g/mol. The molecule has 0 N–H and O–H groups in total. The van der Waals surface area contributed by atoms with Gasteiger partial charge in [0.2, 0.25) is 0 Å². The van der Waals surface area contributed by atoms with E-state index in [0.29, 0.717) is 5.39 Å². The topological polar surface area (TPSA) is 43.1 Å². The summed E-state index contributed by atoms with van der Waals surface area (Å²) in [5.74, 6) is 0. The van der Waals surface area contributed by atoms with Gasteiger partial charge in [0.05, 0.1) is 15.3 Å². The Balaban J connectivity index is 2.93. The van der Waals surface area contributed by atoms with E-state index in [4.69, 9.17) is 23.2 Å². The minimum atomic E-state index is -0.511. The van der Waals surface area contributed by atoms with Gasteiger partial charge in [-0.1, -0.05) is 23.2 Å². The van der Waals surface area contributed by atoms with Gasteiger partial charge in [0.1, 0.15) is 5.02 Å². The lowest BCUT2D eigenvalue weighted by Gasteiger charge is -1.99. The first-order valence-electron chi connectivity index (χ1n) is 3.61. The Morgan fingerprint density at radius 3 is 2.79 bits per heavy atom. The lowest BCUT2D eigenvalue weighted by Crippen LogP contribution is -1.90. The molecule has 2 aromatic rings. The van der Waals surface area contributed by atoms with Crippen molar-refractivity contribution in [2.45, 2.75) is 0 Å². The van der Waals surface area contributed by atoms with Crippen molar-refractivity contribution in [3.05, 3.63) is 37.7 Å². The molecule has 0 fully saturated rings. The van der Waals surface area contributed by atoms with Crippen molar-refractivity contribution < 1.29 is 4.92 Å². The van der Waals surface area contributed by atoms with Crippen LogP contribution >= 0.6 is 34.5 Å². The third kappa shape index (κ3) is 1.35. The van der Waals surface area contributed by atoms with Gasteiger partial charge in [-0.25, -0.2) is 0 Å². The van der Waals surface area contributed by atoms with Gasteiger partial charge in [0, 0.05) is 4.70 Å². The zero-order valence-corrected chi connectivity index (χ0v) is 8.99. The number of hydrogen-bond acceptors (Lipinski definition) is 3. The van der Waals surface area contributed by atoms with Crippen LogP contribution in [0.2, 0.25) is 10.0 Å². The zero-order chi connectivity index (χ0) is 10.3.